The molecule has 27 heavy (non-hydrogen) atoms. The minimum Gasteiger partial charge on any atom is -0.478 e. The molecule has 1 aromatic carbocycles. The molecule has 0 radical (unpaired) electrons. The number of carbonyl (C=O) groups excluding carboxylic acids is 1. The summed E-state index contributed by atoms with van der Waals surface area (Å²) in [5.74, 6) is 0.729. The third-order valence-electron chi connectivity index (χ3n) is 3.65. The number of sulfonamides is 1. The zero-order valence-electron chi connectivity index (χ0n) is 14.5. The molecular formula is C15H17ClN4O4S3. The van der Waals surface area contributed by atoms with Gasteiger partial charge in [0.25, 0.3) is 5.91 Å². The minimum absolute atomic E-state index is 0.0946. The number of amides is 1. The summed E-state index contributed by atoms with van der Waals surface area (Å²) in [6.45, 7) is 2.10. The molecule has 0 saturated carbocycles. The number of nitrogens with zero attached hydrogens (tertiary/aromatic N) is 3. The van der Waals surface area contributed by atoms with Gasteiger partial charge in [0, 0.05) is 18.0 Å². The summed E-state index contributed by atoms with van der Waals surface area (Å²) in [4.78, 5) is 12.6. The van der Waals surface area contributed by atoms with E-state index in [0.717, 1.165) is 16.3 Å². The van der Waals surface area contributed by atoms with Gasteiger partial charge >= 0.3 is 0 Å². The van der Waals surface area contributed by atoms with Crippen LogP contribution in [0, 0.1) is 0 Å². The SMILES string of the molecule is CCSc1nnc(NC(=O)[C@@H]2CCN(S(C)(=O)=O)c3cc(Cl)ccc3O2)s1. The molecule has 1 aliphatic rings. The van der Waals surface area contributed by atoms with Crippen molar-refractivity contribution < 1.29 is 17.9 Å². The Morgan fingerprint density at radius 3 is 2.96 bits per heavy atom. The van der Waals surface area contributed by atoms with Crippen molar-refractivity contribution in [1.82, 2.24) is 10.2 Å². The van der Waals surface area contributed by atoms with Crippen LogP contribution in [0.2, 0.25) is 5.02 Å². The van der Waals surface area contributed by atoms with Crippen LogP contribution in [0.15, 0.2) is 22.5 Å². The van der Waals surface area contributed by atoms with E-state index in [2.05, 4.69) is 15.5 Å². The van der Waals surface area contributed by atoms with Gasteiger partial charge in [-0.1, -0.05) is 41.6 Å². The first kappa shape index (κ1) is 20.2. The van der Waals surface area contributed by atoms with Gasteiger partial charge in [-0.3, -0.25) is 14.4 Å². The Labute approximate surface area is 170 Å². The lowest BCUT2D eigenvalue weighted by Crippen LogP contribution is -2.35. The monoisotopic (exact) mass is 448 g/mol. The van der Waals surface area contributed by atoms with Gasteiger partial charge in [-0.15, -0.1) is 10.2 Å². The van der Waals surface area contributed by atoms with Gasteiger partial charge in [-0.2, -0.15) is 0 Å². The molecule has 1 amide bonds. The van der Waals surface area contributed by atoms with Crippen molar-refractivity contribution >= 4 is 61.4 Å². The maximum Gasteiger partial charge on any atom is 0.267 e. The molecule has 8 nitrogen and oxygen atoms in total. The normalized spacial score (nSPS) is 17.0. The van der Waals surface area contributed by atoms with Crippen LogP contribution in [0.25, 0.3) is 0 Å². The highest BCUT2D eigenvalue weighted by Gasteiger charge is 2.31. The molecule has 0 bridgehead atoms. The minimum atomic E-state index is -3.55. The summed E-state index contributed by atoms with van der Waals surface area (Å²) in [5.41, 5.74) is 0.317. The largest absolute Gasteiger partial charge is 0.478 e. The number of thioether (sulfide) groups is 1. The maximum atomic E-state index is 12.6. The number of benzene rings is 1. The number of hydrogen-bond acceptors (Lipinski definition) is 8. The second-order valence-electron chi connectivity index (χ2n) is 5.64. The predicted octanol–water partition coefficient (Wildman–Crippen LogP) is 2.86. The average molecular weight is 449 g/mol. The molecule has 1 atom stereocenters. The van der Waals surface area contributed by atoms with E-state index in [1.54, 1.807) is 12.1 Å². The summed E-state index contributed by atoms with van der Waals surface area (Å²) in [6, 6.07) is 4.65. The lowest BCUT2D eigenvalue weighted by molar-refractivity contribution is -0.122. The van der Waals surface area contributed by atoms with Crippen LogP contribution in [0.3, 0.4) is 0 Å². The lowest BCUT2D eigenvalue weighted by Gasteiger charge is -2.21. The van der Waals surface area contributed by atoms with Crippen LogP contribution < -0.4 is 14.4 Å². The van der Waals surface area contributed by atoms with Crippen molar-refractivity contribution in [2.75, 3.05) is 28.2 Å². The highest BCUT2D eigenvalue weighted by atomic mass is 35.5. The van der Waals surface area contributed by atoms with Gasteiger partial charge in [-0.25, -0.2) is 8.42 Å². The van der Waals surface area contributed by atoms with Gasteiger partial charge in [0.15, 0.2) is 10.4 Å². The van der Waals surface area contributed by atoms with Gasteiger partial charge in [0.1, 0.15) is 5.75 Å². The van der Waals surface area contributed by atoms with E-state index in [-0.39, 0.29) is 18.7 Å². The highest BCUT2D eigenvalue weighted by molar-refractivity contribution is 8.01. The van der Waals surface area contributed by atoms with Crippen molar-refractivity contribution in [1.29, 1.82) is 0 Å². The van der Waals surface area contributed by atoms with E-state index >= 15 is 0 Å². The summed E-state index contributed by atoms with van der Waals surface area (Å²) >= 11 is 8.82. The van der Waals surface area contributed by atoms with Crippen molar-refractivity contribution in [3.63, 3.8) is 0 Å². The summed E-state index contributed by atoms with van der Waals surface area (Å²) in [6.07, 6.45) is 0.412. The Morgan fingerprint density at radius 1 is 1.48 bits per heavy atom. The van der Waals surface area contributed by atoms with E-state index in [4.69, 9.17) is 16.3 Å². The highest BCUT2D eigenvalue weighted by Crippen LogP contribution is 2.36. The van der Waals surface area contributed by atoms with Crippen molar-refractivity contribution in [2.24, 2.45) is 0 Å². The van der Waals surface area contributed by atoms with Crippen LogP contribution in [-0.2, 0) is 14.8 Å². The first-order valence-corrected chi connectivity index (χ1v) is 12.0. The average Bonchev–Trinajstić information content (AvgIpc) is 2.92. The number of ether oxygens (including phenoxy) is 1. The summed E-state index contributed by atoms with van der Waals surface area (Å²) in [7, 11) is -3.55. The Kier molecular flexibility index (Phi) is 6.14. The van der Waals surface area contributed by atoms with Crippen LogP contribution in [0.5, 0.6) is 5.75 Å². The van der Waals surface area contributed by atoms with Gasteiger partial charge in [-0.05, 0) is 24.0 Å². The first-order valence-electron chi connectivity index (χ1n) is 7.99. The van der Waals surface area contributed by atoms with E-state index in [1.165, 1.54) is 33.5 Å². The number of halogens is 1. The summed E-state index contributed by atoms with van der Waals surface area (Å²) < 4.78 is 32.1. The van der Waals surface area contributed by atoms with Crippen molar-refractivity contribution in [3.05, 3.63) is 23.2 Å². The van der Waals surface area contributed by atoms with E-state index in [9.17, 15) is 13.2 Å². The number of hydrogen-bond donors (Lipinski definition) is 1. The molecule has 1 N–H and O–H groups in total. The molecule has 146 valence electrons. The van der Waals surface area contributed by atoms with Crippen molar-refractivity contribution in [2.45, 2.75) is 23.8 Å². The number of carbonyl (C=O) groups is 1. The molecule has 2 heterocycles. The Morgan fingerprint density at radius 2 is 2.26 bits per heavy atom. The molecule has 0 spiro atoms. The van der Waals surface area contributed by atoms with Crippen LogP contribution in [0.4, 0.5) is 10.8 Å². The van der Waals surface area contributed by atoms with Gasteiger partial charge in [0.05, 0.1) is 11.9 Å². The number of rotatable bonds is 5. The van der Waals surface area contributed by atoms with E-state index in [0.29, 0.717) is 15.8 Å². The molecule has 3 rings (SSSR count). The molecule has 1 aliphatic heterocycles. The number of aromatic nitrogens is 2. The fourth-order valence-electron chi connectivity index (χ4n) is 2.51. The van der Waals surface area contributed by atoms with Gasteiger partial charge in [0.2, 0.25) is 15.2 Å². The molecule has 0 fully saturated rings. The predicted molar refractivity (Wildman–Crippen MR) is 108 cm³/mol. The zero-order chi connectivity index (χ0) is 19.6. The fraction of sp³-hybridized carbons (Fsp3) is 0.400. The molecular weight excluding hydrogens is 432 g/mol. The Balaban J connectivity index is 1.81. The number of anilines is 2. The quantitative estimate of drug-likeness (QED) is 0.554. The van der Waals surface area contributed by atoms with E-state index in [1.807, 2.05) is 6.92 Å². The molecule has 12 heteroatoms. The topological polar surface area (TPSA) is 101 Å². The third-order valence-corrected chi connectivity index (χ3v) is 6.92. The molecule has 1 aromatic heterocycles. The van der Waals surface area contributed by atoms with Crippen molar-refractivity contribution in [3.8, 4) is 5.75 Å². The molecule has 2 aromatic rings. The number of fused-ring (bicyclic) bond motifs is 1. The Bertz CT molecular complexity index is 950. The third kappa shape index (κ3) is 4.84. The smallest absolute Gasteiger partial charge is 0.267 e. The molecule has 0 aliphatic carbocycles. The van der Waals surface area contributed by atoms with Crippen LogP contribution >= 0.6 is 34.7 Å². The van der Waals surface area contributed by atoms with Crippen LogP contribution in [-0.4, -0.2) is 49.2 Å². The standard InChI is InChI=1S/C15H17ClN4O4S3/c1-3-25-15-19-18-14(26-15)17-13(21)12-6-7-20(27(2,22)23)10-8-9(16)4-5-11(10)24-12/h4-5,8,12H,3,6-7H2,1-2H3,(H,17,18,21)/t12-/m0/s1. The fourth-order valence-corrected chi connectivity index (χ4v) is 5.26. The molecule has 0 unspecified atom stereocenters. The Hall–Kier alpha value is -1.56. The number of nitrogens with one attached hydrogen (secondary N) is 1. The second kappa shape index (κ2) is 8.21. The maximum absolute atomic E-state index is 12.6. The second-order valence-corrected chi connectivity index (χ2v) is 10.5. The summed E-state index contributed by atoms with van der Waals surface area (Å²) in [5, 5.41) is 11.4. The lowest BCUT2D eigenvalue weighted by atomic mass is 10.2. The first-order chi connectivity index (χ1) is 12.8. The van der Waals surface area contributed by atoms with E-state index < -0.39 is 22.0 Å². The van der Waals surface area contributed by atoms with Gasteiger partial charge < -0.3 is 4.74 Å². The zero-order valence-corrected chi connectivity index (χ0v) is 17.7. The van der Waals surface area contributed by atoms with Crippen LogP contribution in [0.1, 0.15) is 13.3 Å². The molecule has 0 saturated heterocycles.